The smallest absolute Gasteiger partial charge is 0.305 e. The molecule has 1 rings (SSSR count). The van der Waals surface area contributed by atoms with Gasteiger partial charge in [-0.15, -0.1) is 0 Å². The van der Waals surface area contributed by atoms with Crippen molar-refractivity contribution in [2.45, 2.75) is 26.3 Å². The van der Waals surface area contributed by atoms with E-state index < -0.39 is 0 Å². The predicted molar refractivity (Wildman–Crippen MR) is 74.0 cm³/mol. The zero-order valence-corrected chi connectivity index (χ0v) is 11.9. The molecule has 0 aliphatic rings. The molecule has 5 heteroatoms. The lowest BCUT2D eigenvalue weighted by Gasteiger charge is -2.06. The van der Waals surface area contributed by atoms with E-state index in [4.69, 9.17) is 27.9 Å². The van der Waals surface area contributed by atoms with E-state index in [1.54, 1.807) is 13.0 Å². The SMILES string of the molecule is CCOC(=O)CCCNCc1ccc(Cl)c(Cl)c1. The number of esters is 1. The molecule has 1 N–H and O–H groups in total. The molecule has 3 nitrogen and oxygen atoms in total. The van der Waals surface area contributed by atoms with Crippen molar-refractivity contribution in [3.05, 3.63) is 33.8 Å². The summed E-state index contributed by atoms with van der Waals surface area (Å²) in [6.07, 6.45) is 1.21. The predicted octanol–water partition coefficient (Wildman–Crippen LogP) is 3.43. The first-order chi connectivity index (χ1) is 8.63. The molecule has 0 saturated heterocycles. The summed E-state index contributed by atoms with van der Waals surface area (Å²) in [7, 11) is 0. The Morgan fingerprint density at radius 2 is 2.11 bits per heavy atom. The lowest BCUT2D eigenvalue weighted by Crippen LogP contribution is -2.16. The van der Waals surface area contributed by atoms with Gasteiger partial charge in [-0.3, -0.25) is 4.79 Å². The second kappa shape index (κ2) is 8.35. The van der Waals surface area contributed by atoms with Gasteiger partial charge in [-0.05, 0) is 37.6 Å². The summed E-state index contributed by atoms with van der Waals surface area (Å²) in [6, 6.07) is 5.54. The molecule has 0 amide bonds. The van der Waals surface area contributed by atoms with E-state index in [0.29, 0.717) is 29.6 Å². The Bertz CT molecular complexity index is 397. The van der Waals surface area contributed by atoms with Crippen molar-refractivity contribution in [1.82, 2.24) is 5.32 Å². The summed E-state index contributed by atoms with van der Waals surface area (Å²) >= 11 is 11.7. The maximum absolute atomic E-state index is 11.1. The highest BCUT2D eigenvalue weighted by molar-refractivity contribution is 6.42. The van der Waals surface area contributed by atoms with Crippen molar-refractivity contribution in [2.24, 2.45) is 0 Å². The van der Waals surface area contributed by atoms with E-state index in [9.17, 15) is 4.79 Å². The van der Waals surface area contributed by atoms with Crippen LogP contribution < -0.4 is 5.32 Å². The van der Waals surface area contributed by atoms with Gasteiger partial charge in [-0.2, -0.15) is 0 Å². The van der Waals surface area contributed by atoms with Crippen LogP contribution in [0.2, 0.25) is 10.0 Å². The highest BCUT2D eigenvalue weighted by Crippen LogP contribution is 2.22. The van der Waals surface area contributed by atoms with Crippen LogP contribution in [0.1, 0.15) is 25.3 Å². The molecule has 0 aliphatic heterocycles. The number of hydrogen-bond donors (Lipinski definition) is 1. The fourth-order valence-electron chi connectivity index (χ4n) is 1.47. The Hall–Kier alpha value is -0.770. The summed E-state index contributed by atoms with van der Waals surface area (Å²) in [5.41, 5.74) is 1.07. The molecule has 1 aromatic carbocycles. The zero-order valence-electron chi connectivity index (χ0n) is 10.3. The molecule has 1 aromatic rings. The fourth-order valence-corrected chi connectivity index (χ4v) is 1.79. The first-order valence-corrected chi connectivity index (χ1v) is 6.69. The highest BCUT2D eigenvalue weighted by Gasteiger charge is 2.01. The zero-order chi connectivity index (χ0) is 13.4. The standard InChI is InChI=1S/C13H17Cl2NO2/c1-2-18-13(17)4-3-7-16-9-10-5-6-11(14)12(15)8-10/h5-6,8,16H,2-4,7,9H2,1H3. The molecule has 18 heavy (non-hydrogen) atoms. The van der Waals surface area contributed by atoms with E-state index in [2.05, 4.69) is 5.32 Å². The van der Waals surface area contributed by atoms with Crippen molar-refractivity contribution in [2.75, 3.05) is 13.2 Å². The summed E-state index contributed by atoms with van der Waals surface area (Å²) in [6.45, 7) is 3.72. The van der Waals surface area contributed by atoms with E-state index in [1.165, 1.54) is 0 Å². The molecule has 0 fully saturated rings. The van der Waals surface area contributed by atoms with E-state index in [1.807, 2.05) is 12.1 Å². The summed E-state index contributed by atoms with van der Waals surface area (Å²) < 4.78 is 4.84. The maximum atomic E-state index is 11.1. The Kier molecular flexibility index (Phi) is 7.09. The van der Waals surface area contributed by atoms with Gasteiger partial charge in [0.25, 0.3) is 0 Å². The summed E-state index contributed by atoms with van der Waals surface area (Å²) in [5.74, 6) is -0.145. The van der Waals surface area contributed by atoms with Gasteiger partial charge < -0.3 is 10.1 Å². The van der Waals surface area contributed by atoms with Crippen molar-refractivity contribution < 1.29 is 9.53 Å². The molecule has 0 radical (unpaired) electrons. The topological polar surface area (TPSA) is 38.3 Å². The second-order valence-electron chi connectivity index (χ2n) is 3.83. The van der Waals surface area contributed by atoms with Gasteiger partial charge in [0, 0.05) is 13.0 Å². The second-order valence-corrected chi connectivity index (χ2v) is 4.65. The minimum Gasteiger partial charge on any atom is -0.466 e. The maximum Gasteiger partial charge on any atom is 0.305 e. The average Bonchev–Trinajstić information content (AvgIpc) is 2.33. The molecule has 0 bridgehead atoms. The number of nitrogens with one attached hydrogen (secondary N) is 1. The summed E-state index contributed by atoms with van der Waals surface area (Å²) in [4.78, 5) is 11.1. The van der Waals surface area contributed by atoms with Crippen LogP contribution in [0.5, 0.6) is 0 Å². The molecule has 0 atom stereocenters. The molecule has 0 unspecified atom stereocenters. The monoisotopic (exact) mass is 289 g/mol. The fraction of sp³-hybridized carbons (Fsp3) is 0.462. The summed E-state index contributed by atoms with van der Waals surface area (Å²) in [5, 5.41) is 4.35. The van der Waals surface area contributed by atoms with E-state index in [0.717, 1.165) is 18.5 Å². The Balaban J connectivity index is 2.18. The first kappa shape index (κ1) is 15.3. The van der Waals surface area contributed by atoms with Crippen molar-refractivity contribution >= 4 is 29.2 Å². The molecule has 0 aromatic heterocycles. The number of carbonyl (C=O) groups is 1. The quantitative estimate of drug-likeness (QED) is 0.617. The molecule has 100 valence electrons. The molecular formula is C13H17Cl2NO2. The van der Waals surface area contributed by atoms with Gasteiger partial charge in [0.2, 0.25) is 0 Å². The number of benzene rings is 1. The average molecular weight is 290 g/mol. The minimum atomic E-state index is -0.145. The third kappa shape index (κ3) is 5.71. The molecule has 0 spiro atoms. The molecule has 0 aliphatic carbocycles. The van der Waals surface area contributed by atoms with Crippen LogP contribution in [0.4, 0.5) is 0 Å². The van der Waals surface area contributed by atoms with Gasteiger partial charge in [-0.25, -0.2) is 0 Å². The number of ether oxygens (including phenoxy) is 1. The Morgan fingerprint density at radius 1 is 1.33 bits per heavy atom. The molecule has 0 saturated carbocycles. The van der Waals surface area contributed by atoms with Crippen LogP contribution >= 0.6 is 23.2 Å². The van der Waals surface area contributed by atoms with Crippen molar-refractivity contribution in [3.63, 3.8) is 0 Å². The number of carbonyl (C=O) groups excluding carboxylic acids is 1. The lowest BCUT2D eigenvalue weighted by atomic mass is 10.2. The largest absolute Gasteiger partial charge is 0.466 e. The third-order valence-corrected chi connectivity index (χ3v) is 3.09. The Morgan fingerprint density at radius 3 is 2.78 bits per heavy atom. The van der Waals surface area contributed by atoms with Gasteiger partial charge in [-0.1, -0.05) is 29.3 Å². The van der Waals surface area contributed by atoms with Gasteiger partial charge in [0.05, 0.1) is 16.7 Å². The number of rotatable bonds is 7. The van der Waals surface area contributed by atoms with Gasteiger partial charge in [0.1, 0.15) is 0 Å². The first-order valence-electron chi connectivity index (χ1n) is 5.93. The van der Waals surface area contributed by atoms with Crippen molar-refractivity contribution in [1.29, 1.82) is 0 Å². The lowest BCUT2D eigenvalue weighted by molar-refractivity contribution is -0.143. The number of hydrogen-bond acceptors (Lipinski definition) is 3. The third-order valence-electron chi connectivity index (χ3n) is 2.35. The van der Waals surface area contributed by atoms with E-state index >= 15 is 0 Å². The van der Waals surface area contributed by atoms with Gasteiger partial charge in [0.15, 0.2) is 0 Å². The Labute approximate surface area is 117 Å². The highest BCUT2D eigenvalue weighted by atomic mass is 35.5. The van der Waals surface area contributed by atoms with Gasteiger partial charge >= 0.3 is 5.97 Å². The van der Waals surface area contributed by atoms with Crippen molar-refractivity contribution in [3.8, 4) is 0 Å². The molecular weight excluding hydrogens is 273 g/mol. The number of halogens is 2. The van der Waals surface area contributed by atoms with Crippen LogP contribution in [0.15, 0.2) is 18.2 Å². The minimum absolute atomic E-state index is 0.145. The molecule has 0 heterocycles. The van der Waals surface area contributed by atoms with Crippen LogP contribution in [0.25, 0.3) is 0 Å². The normalized spacial score (nSPS) is 10.4. The van der Waals surface area contributed by atoms with Crippen LogP contribution in [-0.2, 0) is 16.1 Å². The van der Waals surface area contributed by atoms with E-state index in [-0.39, 0.29) is 5.97 Å². The van der Waals surface area contributed by atoms with Crippen LogP contribution in [-0.4, -0.2) is 19.1 Å². The van der Waals surface area contributed by atoms with Crippen LogP contribution in [0.3, 0.4) is 0 Å². The van der Waals surface area contributed by atoms with Crippen LogP contribution in [0, 0.1) is 0 Å².